The SMILES string of the molecule is Cc1cn(CC(=O)N2CCC3CC32)c2ccccc12. The molecule has 3 heteroatoms. The third-order valence-corrected chi connectivity index (χ3v) is 4.64. The van der Waals surface area contributed by atoms with Crippen molar-refractivity contribution in [1.29, 1.82) is 0 Å². The Hall–Kier alpha value is -1.77. The van der Waals surface area contributed by atoms with Crippen molar-refractivity contribution in [2.45, 2.75) is 32.4 Å². The second-order valence-electron chi connectivity index (χ2n) is 5.90. The maximum atomic E-state index is 12.4. The van der Waals surface area contributed by atoms with Crippen LogP contribution in [0.15, 0.2) is 30.5 Å². The van der Waals surface area contributed by atoms with Crippen molar-refractivity contribution in [2.24, 2.45) is 5.92 Å². The normalized spacial score (nSPS) is 24.8. The van der Waals surface area contributed by atoms with Crippen LogP contribution in [-0.2, 0) is 11.3 Å². The van der Waals surface area contributed by atoms with Gasteiger partial charge in [0.15, 0.2) is 0 Å². The molecular weight excluding hydrogens is 236 g/mol. The van der Waals surface area contributed by atoms with Gasteiger partial charge in [-0.05, 0) is 37.3 Å². The maximum Gasteiger partial charge on any atom is 0.242 e. The van der Waals surface area contributed by atoms with Crippen LogP contribution in [0.3, 0.4) is 0 Å². The van der Waals surface area contributed by atoms with E-state index in [0.717, 1.165) is 12.5 Å². The summed E-state index contributed by atoms with van der Waals surface area (Å²) in [4.78, 5) is 14.5. The molecule has 2 aliphatic rings. The van der Waals surface area contributed by atoms with Gasteiger partial charge in [0.25, 0.3) is 0 Å². The van der Waals surface area contributed by atoms with E-state index in [-0.39, 0.29) is 5.91 Å². The number of piperidine rings is 1. The van der Waals surface area contributed by atoms with Crippen molar-refractivity contribution in [2.75, 3.05) is 6.54 Å². The largest absolute Gasteiger partial charge is 0.338 e. The van der Waals surface area contributed by atoms with Crippen molar-refractivity contribution >= 4 is 16.8 Å². The number of fused-ring (bicyclic) bond motifs is 2. The Morgan fingerprint density at radius 1 is 1.37 bits per heavy atom. The molecule has 1 aromatic heterocycles. The maximum absolute atomic E-state index is 12.4. The van der Waals surface area contributed by atoms with Gasteiger partial charge in [0, 0.05) is 29.7 Å². The number of aromatic nitrogens is 1. The zero-order chi connectivity index (χ0) is 13.0. The van der Waals surface area contributed by atoms with E-state index in [9.17, 15) is 4.79 Å². The fourth-order valence-corrected chi connectivity index (χ4v) is 3.50. The Labute approximate surface area is 112 Å². The number of benzene rings is 1. The predicted molar refractivity (Wildman–Crippen MR) is 74.9 cm³/mol. The molecule has 19 heavy (non-hydrogen) atoms. The number of carbonyl (C=O) groups excluding carboxylic acids is 1. The molecule has 0 spiro atoms. The number of amides is 1. The van der Waals surface area contributed by atoms with Gasteiger partial charge in [0.05, 0.1) is 0 Å². The third-order valence-electron chi connectivity index (χ3n) is 4.64. The number of aryl methyl sites for hydroxylation is 1. The molecule has 2 unspecified atom stereocenters. The summed E-state index contributed by atoms with van der Waals surface area (Å²) in [5.41, 5.74) is 2.41. The number of likely N-dealkylation sites (tertiary alicyclic amines) is 1. The molecule has 0 radical (unpaired) electrons. The molecule has 1 aromatic carbocycles. The number of hydrogen-bond donors (Lipinski definition) is 0. The Bertz CT molecular complexity index is 658. The van der Waals surface area contributed by atoms with Crippen molar-refractivity contribution < 1.29 is 4.79 Å². The van der Waals surface area contributed by atoms with Crippen LogP contribution in [0.2, 0.25) is 0 Å². The number of nitrogens with zero attached hydrogens (tertiary/aromatic N) is 2. The summed E-state index contributed by atoms with van der Waals surface area (Å²) < 4.78 is 2.10. The highest BCUT2D eigenvalue weighted by atomic mass is 16.2. The van der Waals surface area contributed by atoms with Gasteiger partial charge in [-0.1, -0.05) is 18.2 Å². The van der Waals surface area contributed by atoms with Gasteiger partial charge in [-0.3, -0.25) is 4.79 Å². The van der Waals surface area contributed by atoms with Gasteiger partial charge in [0.2, 0.25) is 5.91 Å². The van der Waals surface area contributed by atoms with E-state index in [0.29, 0.717) is 12.6 Å². The highest BCUT2D eigenvalue weighted by Gasteiger charge is 2.48. The van der Waals surface area contributed by atoms with Crippen molar-refractivity contribution in [1.82, 2.24) is 9.47 Å². The zero-order valence-electron chi connectivity index (χ0n) is 11.2. The van der Waals surface area contributed by atoms with E-state index in [4.69, 9.17) is 0 Å². The first-order chi connectivity index (χ1) is 9.24. The molecule has 1 aliphatic heterocycles. The zero-order valence-corrected chi connectivity index (χ0v) is 11.2. The standard InChI is InChI=1S/C16H18N2O/c1-11-9-17(14-5-3-2-4-13(11)14)10-16(19)18-7-6-12-8-15(12)18/h2-5,9,12,15H,6-8,10H2,1H3. The van der Waals surface area contributed by atoms with Gasteiger partial charge in [-0.25, -0.2) is 0 Å². The molecule has 3 nitrogen and oxygen atoms in total. The molecule has 98 valence electrons. The first-order valence-corrected chi connectivity index (χ1v) is 7.08. The third kappa shape index (κ3) is 1.68. The van der Waals surface area contributed by atoms with E-state index in [1.807, 2.05) is 6.07 Å². The minimum absolute atomic E-state index is 0.283. The second-order valence-corrected chi connectivity index (χ2v) is 5.90. The smallest absolute Gasteiger partial charge is 0.242 e. The molecule has 0 bridgehead atoms. The predicted octanol–water partition coefficient (Wildman–Crippen LogP) is 2.57. The lowest BCUT2D eigenvalue weighted by molar-refractivity contribution is -0.131. The molecular formula is C16H18N2O. The van der Waals surface area contributed by atoms with Crippen LogP contribution in [0.25, 0.3) is 10.9 Å². The number of para-hydroxylation sites is 1. The van der Waals surface area contributed by atoms with Gasteiger partial charge < -0.3 is 9.47 Å². The van der Waals surface area contributed by atoms with E-state index >= 15 is 0 Å². The Morgan fingerprint density at radius 3 is 2.95 bits per heavy atom. The van der Waals surface area contributed by atoms with Crippen LogP contribution in [-0.4, -0.2) is 28.0 Å². The minimum Gasteiger partial charge on any atom is -0.338 e. The first kappa shape index (κ1) is 11.1. The molecule has 2 heterocycles. The summed E-state index contributed by atoms with van der Waals surface area (Å²) in [5.74, 6) is 1.10. The molecule has 2 atom stereocenters. The Balaban J connectivity index is 1.62. The molecule has 1 saturated heterocycles. The van der Waals surface area contributed by atoms with E-state index in [1.54, 1.807) is 0 Å². The average molecular weight is 254 g/mol. The summed E-state index contributed by atoms with van der Waals surface area (Å²) in [6.45, 7) is 3.56. The van der Waals surface area contributed by atoms with Crippen LogP contribution in [0, 0.1) is 12.8 Å². The van der Waals surface area contributed by atoms with E-state index < -0.39 is 0 Å². The fourth-order valence-electron chi connectivity index (χ4n) is 3.50. The molecule has 2 aromatic rings. The Kier molecular flexibility index (Phi) is 2.25. The second kappa shape index (κ2) is 3.86. The molecule has 2 fully saturated rings. The topological polar surface area (TPSA) is 25.2 Å². The Morgan fingerprint density at radius 2 is 2.21 bits per heavy atom. The molecule has 1 amide bonds. The highest BCUT2D eigenvalue weighted by molar-refractivity contribution is 5.86. The quantitative estimate of drug-likeness (QED) is 0.808. The van der Waals surface area contributed by atoms with Gasteiger partial charge in [-0.2, -0.15) is 0 Å². The summed E-state index contributed by atoms with van der Waals surface area (Å²) in [6.07, 6.45) is 4.54. The summed E-state index contributed by atoms with van der Waals surface area (Å²) in [5, 5.41) is 1.25. The molecule has 4 rings (SSSR count). The molecule has 1 aliphatic carbocycles. The first-order valence-electron chi connectivity index (χ1n) is 7.08. The van der Waals surface area contributed by atoms with Crippen LogP contribution < -0.4 is 0 Å². The monoisotopic (exact) mass is 254 g/mol. The minimum atomic E-state index is 0.283. The summed E-state index contributed by atoms with van der Waals surface area (Å²) in [7, 11) is 0. The van der Waals surface area contributed by atoms with E-state index in [2.05, 4.69) is 40.8 Å². The van der Waals surface area contributed by atoms with Gasteiger partial charge in [0.1, 0.15) is 6.54 Å². The fraction of sp³-hybridized carbons (Fsp3) is 0.438. The van der Waals surface area contributed by atoms with Gasteiger partial charge >= 0.3 is 0 Å². The van der Waals surface area contributed by atoms with Gasteiger partial charge in [-0.15, -0.1) is 0 Å². The lowest BCUT2D eigenvalue weighted by Gasteiger charge is -2.18. The molecule has 1 saturated carbocycles. The lowest BCUT2D eigenvalue weighted by atomic mass is 10.2. The average Bonchev–Trinajstić information content (AvgIpc) is 2.96. The summed E-state index contributed by atoms with van der Waals surface area (Å²) >= 11 is 0. The number of carbonyl (C=O) groups is 1. The van der Waals surface area contributed by atoms with Crippen LogP contribution in [0.1, 0.15) is 18.4 Å². The van der Waals surface area contributed by atoms with Crippen molar-refractivity contribution in [3.8, 4) is 0 Å². The number of hydrogen-bond acceptors (Lipinski definition) is 1. The lowest BCUT2D eigenvalue weighted by Crippen LogP contribution is -2.33. The van der Waals surface area contributed by atoms with E-state index in [1.165, 1.54) is 29.3 Å². The van der Waals surface area contributed by atoms with Crippen molar-refractivity contribution in [3.63, 3.8) is 0 Å². The van der Waals surface area contributed by atoms with Crippen LogP contribution in [0.5, 0.6) is 0 Å². The van der Waals surface area contributed by atoms with Crippen LogP contribution >= 0.6 is 0 Å². The summed E-state index contributed by atoms with van der Waals surface area (Å²) in [6, 6.07) is 8.87. The number of rotatable bonds is 2. The highest BCUT2D eigenvalue weighted by Crippen LogP contribution is 2.44. The molecule has 0 N–H and O–H groups in total. The van der Waals surface area contributed by atoms with Crippen LogP contribution in [0.4, 0.5) is 0 Å². The van der Waals surface area contributed by atoms with Crippen molar-refractivity contribution in [3.05, 3.63) is 36.0 Å².